The zero-order chi connectivity index (χ0) is 37.2. The maximum absolute atomic E-state index is 6.05. The van der Waals surface area contributed by atoms with Crippen LogP contribution in [-0.4, -0.2) is 78.3 Å². The monoisotopic (exact) mass is 707 g/mol. The standard InChI is InChI=1S/C44H48BN4O4/c1-41(2)25-50-37(46-41)29-9-17-33(18-10-29)45(34-19-11-30(12-20-34)38-47-42(3,4)26-51-38,35-21-13-31(14-22-35)39-48-43(5,6)27-52-39)36-23-15-32(16-24-36)40-49-44(7,8)28-53-40/h9-24H,25-28H2,1-8H3/q-1. The van der Waals surface area contributed by atoms with Gasteiger partial charge in [-0.1, -0.05) is 97.1 Å². The van der Waals surface area contributed by atoms with Gasteiger partial charge in [0, 0.05) is 22.3 Å². The molecule has 53 heavy (non-hydrogen) atoms. The topological polar surface area (TPSA) is 86.4 Å². The smallest absolute Gasteiger partial charge is 0.216 e. The third-order valence-electron chi connectivity index (χ3n) is 10.5. The van der Waals surface area contributed by atoms with Gasteiger partial charge in [-0.2, -0.15) is 21.9 Å². The Labute approximate surface area is 313 Å². The second kappa shape index (κ2) is 12.5. The van der Waals surface area contributed by atoms with Crippen LogP contribution in [-0.2, 0) is 18.9 Å². The minimum atomic E-state index is -1.75. The Kier molecular flexibility index (Phi) is 8.20. The maximum Gasteiger partial charge on any atom is 0.216 e. The van der Waals surface area contributed by atoms with Crippen molar-refractivity contribution in [2.45, 2.75) is 77.5 Å². The van der Waals surface area contributed by atoms with Crippen LogP contribution in [0.4, 0.5) is 0 Å². The quantitative estimate of drug-likeness (QED) is 0.233. The lowest BCUT2D eigenvalue weighted by atomic mass is 9.13. The van der Waals surface area contributed by atoms with Crippen LogP contribution in [0.25, 0.3) is 0 Å². The molecule has 9 heteroatoms. The van der Waals surface area contributed by atoms with Crippen molar-refractivity contribution in [2.75, 3.05) is 26.4 Å². The van der Waals surface area contributed by atoms with Gasteiger partial charge in [0.25, 0.3) is 0 Å². The number of benzene rings is 4. The zero-order valence-electron chi connectivity index (χ0n) is 32.1. The van der Waals surface area contributed by atoms with E-state index in [9.17, 15) is 0 Å². The van der Waals surface area contributed by atoms with Crippen molar-refractivity contribution in [3.05, 3.63) is 119 Å². The summed E-state index contributed by atoms with van der Waals surface area (Å²) >= 11 is 0. The van der Waals surface area contributed by atoms with Gasteiger partial charge in [0.2, 0.25) is 23.6 Å². The highest BCUT2D eigenvalue weighted by Crippen LogP contribution is 2.25. The number of ether oxygens (including phenoxy) is 4. The fraction of sp³-hybridized carbons (Fsp3) is 0.364. The Bertz CT molecular complexity index is 1850. The van der Waals surface area contributed by atoms with E-state index in [1.54, 1.807) is 0 Å². The summed E-state index contributed by atoms with van der Waals surface area (Å²) in [6, 6.07) is 34.9. The van der Waals surface area contributed by atoms with E-state index in [-0.39, 0.29) is 22.2 Å². The van der Waals surface area contributed by atoms with Gasteiger partial charge in [0.15, 0.2) is 0 Å². The van der Waals surface area contributed by atoms with E-state index in [1.807, 2.05) is 0 Å². The normalized spacial score (nSPS) is 20.7. The van der Waals surface area contributed by atoms with Gasteiger partial charge in [0.1, 0.15) is 32.6 Å². The molecular weight excluding hydrogens is 659 g/mol. The molecule has 8 rings (SSSR count). The first-order valence-electron chi connectivity index (χ1n) is 18.6. The van der Waals surface area contributed by atoms with Crippen LogP contribution in [0.3, 0.4) is 0 Å². The van der Waals surface area contributed by atoms with E-state index in [1.165, 1.54) is 0 Å². The van der Waals surface area contributed by atoms with E-state index < -0.39 is 6.15 Å². The van der Waals surface area contributed by atoms with E-state index in [2.05, 4.69) is 152 Å². The third-order valence-corrected chi connectivity index (χ3v) is 10.5. The van der Waals surface area contributed by atoms with Gasteiger partial charge in [-0.15, -0.1) is 0 Å². The Morgan fingerprint density at radius 3 is 0.679 bits per heavy atom. The predicted octanol–water partition coefficient (Wildman–Crippen LogP) is 5.29. The number of hydrogen-bond donors (Lipinski definition) is 0. The molecule has 0 fully saturated rings. The van der Waals surface area contributed by atoms with Gasteiger partial charge in [-0.25, -0.2) is 20.0 Å². The number of hydrogen-bond acceptors (Lipinski definition) is 8. The molecule has 0 aliphatic carbocycles. The van der Waals surface area contributed by atoms with Crippen LogP contribution in [0.15, 0.2) is 117 Å². The number of rotatable bonds is 8. The summed E-state index contributed by atoms with van der Waals surface area (Å²) in [5.41, 5.74) is 7.46. The van der Waals surface area contributed by atoms with Crippen LogP contribution in [0.5, 0.6) is 0 Å². The molecule has 0 bridgehead atoms. The molecule has 0 amide bonds. The lowest BCUT2D eigenvalue weighted by molar-refractivity contribution is 0.279. The molecule has 272 valence electrons. The minimum Gasteiger partial charge on any atom is -0.475 e. The predicted molar refractivity (Wildman–Crippen MR) is 216 cm³/mol. The third kappa shape index (κ3) is 6.66. The zero-order valence-corrected chi connectivity index (χ0v) is 32.1. The first-order valence-corrected chi connectivity index (χ1v) is 18.6. The van der Waals surface area contributed by atoms with E-state index in [0.29, 0.717) is 50.0 Å². The van der Waals surface area contributed by atoms with Crippen molar-refractivity contribution >= 4 is 51.6 Å². The molecule has 0 aromatic heterocycles. The maximum atomic E-state index is 6.05. The highest BCUT2D eigenvalue weighted by Gasteiger charge is 2.35. The fourth-order valence-corrected chi connectivity index (χ4v) is 7.74. The van der Waals surface area contributed by atoms with Gasteiger partial charge in [-0.3, -0.25) is 0 Å². The molecule has 0 unspecified atom stereocenters. The molecule has 0 saturated heterocycles. The summed E-state index contributed by atoms with van der Waals surface area (Å²) < 4.78 is 24.2. The van der Waals surface area contributed by atoms with Crippen LogP contribution in [0.1, 0.15) is 77.6 Å². The van der Waals surface area contributed by atoms with Crippen molar-refractivity contribution in [3.8, 4) is 0 Å². The number of aliphatic imine (C=N–C) groups is 4. The SMILES string of the molecule is CC1(C)COC(c2ccc([B-](c3ccc(C4=NC(C)(C)CO4)cc3)(c3ccc(C4=NC(C)(C)CO4)cc3)c3ccc(C4=NC(C)(C)CO4)cc3)cc2)=N1. The fourth-order valence-electron chi connectivity index (χ4n) is 7.74. The molecule has 0 N–H and O–H groups in total. The molecule has 4 aliphatic heterocycles. The Morgan fingerprint density at radius 1 is 0.340 bits per heavy atom. The first kappa shape index (κ1) is 34.9. The van der Waals surface area contributed by atoms with Gasteiger partial charge >= 0.3 is 0 Å². The van der Waals surface area contributed by atoms with E-state index in [0.717, 1.165) is 44.1 Å². The van der Waals surface area contributed by atoms with E-state index in [4.69, 9.17) is 38.9 Å². The lowest BCUT2D eigenvalue weighted by Gasteiger charge is -2.44. The second-order valence-corrected chi connectivity index (χ2v) is 17.4. The van der Waals surface area contributed by atoms with Crippen molar-refractivity contribution in [1.82, 2.24) is 0 Å². The van der Waals surface area contributed by atoms with Gasteiger partial charge < -0.3 is 18.9 Å². The summed E-state index contributed by atoms with van der Waals surface area (Å²) in [6.07, 6.45) is -1.75. The molecule has 0 spiro atoms. The van der Waals surface area contributed by atoms with Crippen LogP contribution in [0, 0.1) is 0 Å². The Morgan fingerprint density at radius 2 is 0.528 bits per heavy atom. The van der Waals surface area contributed by atoms with Crippen LogP contribution < -0.4 is 21.9 Å². The summed E-state index contributed by atoms with van der Waals surface area (Å²) in [4.78, 5) is 19.4. The molecule has 0 atom stereocenters. The largest absolute Gasteiger partial charge is 0.475 e. The van der Waals surface area contributed by atoms with Crippen molar-refractivity contribution in [1.29, 1.82) is 0 Å². The van der Waals surface area contributed by atoms with Crippen molar-refractivity contribution < 1.29 is 18.9 Å². The Balaban J connectivity index is 1.31. The first-order chi connectivity index (χ1) is 25.1. The number of nitrogens with zero attached hydrogens (tertiary/aromatic N) is 4. The average Bonchev–Trinajstić information content (AvgIpc) is 3.90. The summed E-state index contributed by atoms with van der Waals surface area (Å²) in [5.74, 6) is 2.72. The molecule has 8 nitrogen and oxygen atoms in total. The lowest BCUT2D eigenvalue weighted by Crippen LogP contribution is -2.74. The average molecular weight is 708 g/mol. The van der Waals surface area contributed by atoms with Crippen molar-refractivity contribution in [2.24, 2.45) is 20.0 Å². The summed E-state index contributed by atoms with van der Waals surface area (Å²) in [7, 11) is 0. The highest BCUT2D eigenvalue weighted by atomic mass is 16.5. The van der Waals surface area contributed by atoms with Crippen LogP contribution >= 0.6 is 0 Å². The molecular formula is C44H48BN4O4-. The van der Waals surface area contributed by atoms with Crippen molar-refractivity contribution in [3.63, 3.8) is 0 Å². The summed E-state index contributed by atoms with van der Waals surface area (Å²) in [6.45, 7) is 19.0. The minimum absolute atomic E-state index is 0.249. The molecule has 4 heterocycles. The summed E-state index contributed by atoms with van der Waals surface area (Å²) in [5, 5.41) is 0. The van der Waals surface area contributed by atoms with E-state index >= 15 is 0 Å². The van der Waals surface area contributed by atoms with Crippen LogP contribution in [0.2, 0.25) is 0 Å². The Hall–Kier alpha value is -5.18. The molecule has 4 aliphatic rings. The highest BCUT2D eigenvalue weighted by molar-refractivity contribution is 7.19. The van der Waals surface area contributed by atoms with Gasteiger partial charge in [-0.05, 0) is 55.4 Å². The molecule has 4 aromatic carbocycles. The second-order valence-electron chi connectivity index (χ2n) is 17.4. The van der Waals surface area contributed by atoms with Gasteiger partial charge in [0.05, 0.1) is 22.2 Å². The molecule has 0 radical (unpaired) electrons. The molecule has 0 saturated carbocycles. The molecule has 4 aromatic rings.